The number of benzene rings is 1. The summed E-state index contributed by atoms with van der Waals surface area (Å²) in [6, 6.07) is 4.71. The van der Waals surface area contributed by atoms with Crippen molar-refractivity contribution in [3.63, 3.8) is 0 Å². The van der Waals surface area contributed by atoms with Crippen LogP contribution in [0.3, 0.4) is 0 Å². The Bertz CT molecular complexity index is 511. The van der Waals surface area contributed by atoms with Gasteiger partial charge in [-0.25, -0.2) is 0 Å². The van der Waals surface area contributed by atoms with Crippen LogP contribution in [0.5, 0.6) is 0 Å². The summed E-state index contributed by atoms with van der Waals surface area (Å²) in [7, 11) is 0. The number of anilines is 1. The highest BCUT2D eigenvalue weighted by Crippen LogP contribution is 2.17. The average Bonchev–Trinajstić information content (AvgIpc) is 2.31. The van der Waals surface area contributed by atoms with E-state index in [9.17, 15) is 14.4 Å². The van der Waals surface area contributed by atoms with Crippen LogP contribution in [0.25, 0.3) is 0 Å². The summed E-state index contributed by atoms with van der Waals surface area (Å²) in [5.74, 6) is -1.67. The lowest BCUT2D eigenvalue weighted by Crippen LogP contribution is -2.19. The fourth-order valence-electron chi connectivity index (χ4n) is 1.45. The number of hydrogen-bond acceptors (Lipinski definition) is 4. The zero-order valence-electron chi connectivity index (χ0n) is 10.9. The average molecular weight is 264 g/mol. The quantitative estimate of drug-likeness (QED) is 0.612. The second kappa shape index (κ2) is 6.53. The van der Waals surface area contributed by atoms with Gasteiger partial charge >= 0.3 is 5.97 Å². The van der Waals surface area contributed by atoms with E-state index in [1.165, 1.54) is 6.07 Å². The van der Waals surface area contributed by atoms with Gasteiger partial charge in [0, 0.05) is 11.3 Å². The second-order valence-corrected chi connectivity index (χ2v) is 3.92. The minimum absolute atomic E-state index is 0.225. The molecule has 0 saturated heterocycles. The molecule has 0 aromatic heterocycles. The Hall–Kier alpha value is -2.37. The topological polar surface area (TPSA) is 98.5 Å². The number of primary amides is 1. The molecule has 3 N–H and O–H groups in total. The molecule has 0 atom stereocenters. The Labute approximate surface area is 110 Å². The summed E-state index contributed by atoms with van der Waals surface area (Å²) in [4.78, 5) is 33.8. The molecule has 0 heterocycles. The van der Waals surface area contributed by atoms with Gasteiger partial charge in [0.2, 0.25) is 11.8 Å². The van der Waals surface area contributed by atoms with Crippen LogP contribution in [0, 0.1) is 6.92 Å². The van der Waals surface area contributed by atoms with E-state index in [4.69, 9.17) is 5.73 Å². The molecule has 1 aromatic rings. The van der Waals surface area contributed by atoms with E-state index in [-0.39, 0.29) is 18.6 Å². The molecule has 0 aliphatic heterocycles. The molecule has 6 nitrogen and oxygen atoms in total. The molecule has 0 saturated carbocycles. The van der Waals surface area contributed by atoms with E-state index >= 15 is 0 Å². The molecule has 19 heavy (non-hydrogen) atoms. The van der Waals surface area contributed by atoms with Gasteiger partial charge < -0.3 is 15.8 Å². The molecule has 102 valence electrons. The van der Waals surface area contributed by atoms with E-state index in [2.05, 4.69) is 10.1 Å². The van der Waals surface area contributed by atoms with Gasteiger partial charge in [0.05, 0.1) is 6.61 Å². The maximum absolute atomic E-state index is 11.6. The van der Waals surface area contributed by atoms with Crippen LogP contribution in [0.4, 0.5) is 5.69 Å². The number of ether oxygens (including phenoxy) is 1. The van der Waals surface area contributed by atoms with Gasteiger partial charge in [0.25, 0.3) is 0 Å². The Balaban J connectivity index is 2.76. The standard InChI is InChI=1S/C13H16N2O4/c1-3-19-12(17)7-11(16)15-10-6-9(13(14)18)5-4-8(10)2/h4-6H,3,7H2,1-2H3,(H2,14,18)(H,15,16). The third-order valence-corrected chi connectivity index (χ3v) is 2.41. The van der Waals surface area contributed by atoms with Crippen LogP contribution in [0.15, 0.2) is 18.2 Å². The number of hydrogen-bond donors (Lipinski definition) is 2. The van der Waals surface area contributed by atoms with Crippen molar-refractivity contribution in [1.29, 1.82) is 0 Å². The molecule has 0 bridgehead atoms. The van der Waals surface area contributed by atoms with E-state index < -0.39 is 17.8 Å². The number of nitrogens with two attached hydrogens (primary N) is 1. The summed E-state index contributed by atoms with van der Waals surface area (Å²) in [6.45, 7) is 3.66. The number of rotatable bonds is 5. The Kier molecular flexibility index (Phi) is 5.05. The van der Waals surface area contributed by atoms with Crippen molar-refractivity contribution in [3.05, 3.63) is 29.3 Å². The maximum atomic E-state index is 11.6. The van der Waals surface area contributed by atoms with Gasteiger partial charge in [-0.15, -0.1) is 0 Å². The lowest BCUT2D eigenvalue weighted by atomic mass is 10.1. The van der Waals surface area contributed by atoms with Crippen LogP contribution < -0.4 is 11.1 Å². The summed E-state index contributed by atoms with van der Waals surface area (Å²) >= 11 is 0. The smallest absolute Gasteiger partial charge is 0.315 e. The fourth-order valence-corrected chi connectivity index (χ4v) is 1.45. The fraction of sp³-hybridized carbons (Fsp3) is 0.308. The summed E-state index contributed by atoms with van der Waals surface area (Å²) < 4.78 is 4.67. The first-order valence-electron chi connectivity index (χ1n) is 5.80. The third kappa shape index (κ3) is 4.42. The maximum Gasteiger partial charge on any atom is 0.315 e. The van der Waals surface area contributed by atoms with Gasteiger partial charge in [-0.1, -0.05) is 6.07 Å². The Morgan fingerprint density at radius 1 is 1.32 bits per heavy atom. The zero-order chi connectivity index (χ0) is 14.4. The van der Waals surface area contributed by atoms with Gasteiger partial charge in [0.15, 0.2) is 0 Å². The molecule has 0 radical (unpaired) electrons. The zero-order valence-corrected chi connectivity index (χ0v) is 10.9. The molecule has 2 amide bonds. The minimum Gasteiger partial charge on any atom is -0.466 e. The molecular weight excluding hydrogens is 248 g/mol. The van der Waals surface area contributed by atoms with E-state index in [0.717, 1.165) is 5.56 Å². The molecule has 0 aliphatic carbocycles. The number of nitrogens with one attached hydrogen (secondary N) is 1. The summed E-state index contributed by atoms with van der Waals surface area (Å²) in [5.41, 5.74) is 6.66. The number of carbonyl (C=O) groups excluding carboxylic acids is 3. The number of aryl methyl sites for hydroxylation is 1. The predicted octanol–water partition coefficient (Wildman–Crippen LogP) is 0.986. The van der Waals surface area contributed by atoms with Crippen molar-refractivity contribution in [3.8, 4) is 0 Å². The van der Waals surface area contributed by atoms with Gasteiger partial charge in [-0.05, 0) is 31.5 Å². The molecule has 0 aliphatic rings. The first-order valence-corrected chi connectivity index (χ1v) is 5.80. The largest absolute Gasteiger partial charge is 0.466 e. The minimum atomic E-state index is -0.594. The van der Waals surface area contributed by atoms with Gasteiger partial charge in [0.1, 0.15) is 6.42 Å². The predicted molar refractivity (Wildman–Crippen MR) is 69.6 cm³/mol. The van der Waals surface area contributed by atoms with Gasteiger partial charge in [-0.2, -0.15) is 0 Å². The lowest BCUT2D eigenvalue weighted by molar-refractivity contribution is -0.145. The van der Waals surface area contributed by atoms with Crippen molar-refractivity contribution >= 4 is 23.5 Å². The van der Waals surface area contributed by atoms with Crippen molar-refractivity contribution in [2.45, 2.75) is 20.3 Å². The molecule has 1 rings (SSSR count). The monoisotopic (exact) mass is 264 g/mol. The highest BCUT2D eigenvalue weighted by Gasteiger charge is 2.12. The van der Waals surface area contributed by atoms with E-state index in [1.54, 1.807) is 26.0 Å². The van der Waals surface area contributed by atoms with Crippen molar-refractivity contribution < 1.29 is 19.1 Å². The number of esters is 1. The highest BCUT2D eigenvalue weighted by molar-refractivity contribution is 6.03. The number of carbonyl (C=O) groups is 3. The van der Waals surface area contributed by atoms with Crippen LogP contribution in [-0.2, 0) is 14.3 Å². The van der Waals surface area contributed by atoms with Crippen LogP contribution in [0.2, 0.25) is 0 Å². The molecular formula is C13H16N2O4. The van der Waals surface area contributed by atoms with Crippen LogP contribution in [-0.4, -0.2) is 24.4 Å². The van der Waals surface area contributed by atoms with E-state index in [1.807, 2.05) is 0 Å². The van der Waals surface area contributed by atoms with Crippen molar-refractivity contribution in [2.24, 2.45) is 5.73 Å². The SMILES string of the molecule is CCOC(=O)CC(=O)Nc1cc(C(N)=O)ccc1C. The molecule has 1 aromatic carbocycles. The van der Waals surface area contributed by atoms with Crippen molar-refractivity contribution in [1.82, 2.24) is 0 Å². The van der Waals surface area contributed by atoms with Crippen molar-refractivity contribution in [2.75, 3.05) is 11.9 Å². The normalized spacial score (nSPS) is 9.79. The molecule has 6 heteroatoms. The molecule has 0 fully saturated rings. The van der Waals surface area contributed by atoms with Gasteiger partial charge in [-0.3, -0.25) is 14.4 Å². The van der Waals surface area contributed by atoms with E-state index in [0.29, 0.717) is 5.69 Å². The van der Waals surface area contributed by atoms with Crippen LogP contribution in [0.1, 0.15) is 29.3 Å². The summed E-state index contributed by atoms with van der Waals surface area (Å²) in [5, 5.41) is 2.55. The van der Waals surface area contributed by atoms with Crippen LogP contribution >= 0.6 is 0 Å². The summed E-state index contributed by atoms with van der Waals surface area (Å²) in [6.07, 6.45) is -0.367. The Morgan fingerprint density at radius 2 is 2.00 bits per heavy atom. The first-order chi connectivity index (χ1) is 8.93. The molecule has 0 unspecified atom stereocenters. The molecule has 0 spiro atoms. The first kappa shape index (κ1) is 14.7. The lowest BCUT2D eigenvalue weighted by Gasteiger charge is -2.09. The Morgan fingerprint density at radius 3 is 2.58 bits per heavy atom. The second-order valence-electron chi connectivity index (χ2n) is 3.92. The number of amides is 2. The third-order valence-electron chi connectivity index (χ3n) is 2.41. The highest BCUT2D eigenvalue weighted by atomic mass is 16.5.